The summed E-state index contributed by atoms with van der Waals surface area (Å²) >= 11 is 0. The predicted molar refractivity (Wildman–Crippen MR) is 41.7 cm³/mol. The largest absolute Gasteiger partial charge is 0.454 e. The summed E-state index contributed by atoms with van der Waals surface area (Å²) in [7, 11) is 0. The van der Waals surface area contributed by atoms with Crippen molar-refractivity contribution in [2.45, 2.75) is 45.3 Å². The lowest BCUT2D eigenvalue weighted by atomic mass is 10.2. The first-order valence-corrected chi connectivity index (χ1v) is 4.27. The average Bonchev–Trinajstić information content (AvgIpc) is 2.46. The van der Waals surface area contributed by atoms with Crippen LogP contribution in [0.25, 0.3) is 0 Å². The molecule has 0 aromatic heterocycles. The fourth-order valence-corrected chi connectivity index (χ4v) is 1.84. The van der Waals surface area contributed by atoms with E-state index in [0.717, 1.165) is 24.4 Å². The molecule has 62 valence electrons. The Balaban J connectivity index is 2.12. The van der Waals surface area contributed by atoms with Crippen LogP contribution in [0.1, 0.15) is 39.5 Å². The zero-order chi connectivity index (χ0) is 7.90. The number of hydrogen-bond acceptors (Lipinski definition) is 2. The van der Waals surface area contributed by atoms with E-state index >= 15 is 0 Å². The lowest BCUT2D eigenvalue weighted by Gasteiger charge is -2.22. The van der Waals surface area contributed by atoms with E-state index in [1.165, 1.54) is 12.8 Å². The first kappa shape index (κ1) is 7.01. The van der Waals surface area contributed by atoms with Crippen molar-refractivity contribution in [1.82, 2.24) is 0 Å². The van der Waals surface area contributed by atoms with Gasteiger partial charge in [0.15, 0.2) is 0 Å². The summed E-state index contributed by atoms with van der Waals surface area (Å²) in [6.45, 7) is 3.95. The van der Waals surface area contributed by atoms with Gasteiger partial charge in [0.05, 0.1) is 0 Å². The first-order valence-electron chi connectivity index (χ1n) is 4.27. The minimum absolute atomic E-state index is 0.242. The number of rotatable bonds is 0. The van der Waals surface area contributed by atoms with Gasteiger partial charge in [-0.15, -0.1) is 0 Å². The van der Waals surface area contributed by atoms with Gasteiger partial charge >= 0.3 is 0 Å². The minimum atomic E-state index is -0.242. The van der Waals surface area contributed by atoms with Gasteiger partial charge in [-0.2, -0.15) is 0 Å². The Hall–Kier alpha value is -0.660. The number of hydrogen-bond donors (Lipinski definition) is 0. The van der Waals surface area contributed by atoms with Crippen molar-refractivity contribution in [1.29, 1.82) is 0 Å². The molecule has 0 radical (unpaired) electrons. The van der Waals surface area contributed by atoms with Crippen molar-refractivity contribution in [2.24, 2.45) is 0 Å². The quantitative estimate of drug-likeness (QED) is 0.534. The molecule has 11 heavy (non-hydrogen) atoms. The highest BCUT2D eigenvalue weighted by Gasteiger charge is 2.42. The summed E-state index contributed by atoms with van der Waals surface area (Å²) in [5.74, 6) is 1.69. The molecule has 0 aromatic rings. The molecule has 2 heteroatoms. The van der Waals surface area contributed by atoms with Crippen LogP contribution in [0.2, 0.25) is 0 Å². The van der Waals surface area contributed by atoms with E-state index in [2.05, 4.69) is 0 Å². The third kappa shape index (κ3) is 1.01. The molecule has 2 aliphatic rings. The maximum Gasteiger partial charge on any atom is 0.250 e. The lowest BCUT2D eigenvalue weighted by Crippen LogP contribution is -2.25. The second kappa shape index (κ2) is 2.16. The van der Waals surface area contributed by atoms with Crippen LogP contribution in [0.15, 0.2) is 11.5 Å². The molecule has 0 bridgehead atoms. The van der Waals surface area contributed by atoms with E-state index in [-0.39, 0.29) is 5.79 Å². The molecule has 0 atom stereocenters. The second-order valence-corrected chi connectivity index (χ2v) is 3.43. The van der Waals surface area contributed by atoms with Crippen LogP contribution in [0.4, 0.5) is 0 Å². The monoisotopic (exact) mass is 154 g/mol. The highest BCUT2D eigenvalue weighted by molar-refractivity contribution is 5.04. The molecule has 1 heterocycles. The van der Waals surface area contributed by atoms with Crippen LogP contribution in [0.3, 0.4) is 0 Å². The summed E-state index contributed by atoms with van der Waals surface area (Å²) in [4.78, 5) is 0. The van der Waals surface area contributed by atoms with Crippen LogP contribution >= 0.6 is 0 Å². The lowest BCUT2D eigenvalue weighted by molar-refractivity contribution is -0.146. The van der Waals surface area contributed by atoms with E-state index in [0.29, 0.717) is 0 Å². The van der Waals surface area contributed by atoms with Gasteiger partial charge in [-0.1, -0.05) is 0 Å². The maximum atomic E-state index is 5.68. The molecule has 0 aromatic carbocycles. The molecule has 1 spiro atoms. The van der Waals surface area contributed by atoms with Crippen molar-refractivity contribution in [2.75, 3.05) is 0 Å². The summed E-state index contributed by atoms with van der Waals surface area (Å²) in [5.41, 5.74) is 0. The zero-order valence-corrected chi connectivity index (χ0v) is 7.14. The predicted octanol–water partition coefficient (Wildman–Crippen LogP) is 2.55. The number of allylic oxidation sites excluding steroid dienone is 2. The van der Waals surface area contributed by atoms with Gasteiger partial charge < -0.3 is 9.47 Å². The van der Waals surface area contributed by atoms with Gasteiger partial charge in [-0.25, -0.2) is 0 Å². The highest BCUT2D eigenvalue weighted by atomic mass is 16.7. The smallest absolute Gasteiger partial charge is 0.250 e. The Bertz CT molecular complexity index is 184. The zero-order valence-electron chi connectivity index (χ0n) is 7.14. The Morgan fingerprint density at radius 2 is 1.45 bits per heavy atom. The SMILES string of the molecule is CC1=C(C)OC2(CCCC2)O1. The van der Waals surface area contributed by atoms with Crippen molar-refractivity contribution in [3.05, 3.63) is 11.5 Å². The average molecular weight is 154 g/mol. The molecule has 0 N–H and O–H groups in total. The van der Waals surface area contributed by atoms with Gasteiger partial charge in [0.25, 0.3) is 5.79 Å². The third-order valence-corrected chi connectivity index (χ3v) is 2.54. The Morgan fingerprint density at radius 1 is 1.00 bits per heavy atom. The number of ether oxygens (including phenoxy) is 2. The van der Waals surface area contributed by atoms with Crippen molar-refractivity contribution >= 4 is 0 Å². The first-order chi connectivity index (χ1) is 5.22. The third-order valence-electron chi connectivity index (χ3n) is 2.54. The van der Waals surface area contributed by atoms with Crippen LogP contribution < -0.4 is 0 Å². The normalized spacial score (nSPS) is 27.5. The molecule has 0 saturated heterocycles. The Labute approximate surface area is 67.2 Å². The van der Waals surface area contributed by atoms with Gasteiger partial charge in [0.2, 0.25) is 0 Å². The van der Waals surface area contributed by atoms with E-state index < -0.39 is 0 Å². The minimum Gasteiger partial charge on any atom is -0.454 e. The van der Waals surface area contributed by atoms with Crippen molar-refractivity contribution in [3.8, 4) is 0 Å². The van der Waals surface area contributed by atoms with Crippen molar-refractivity contribution < 1.29 is 9.47 Å². The van der Waals surface area contributed by atoms with Gasteiger partial charge in [0, 0.05) is 12.8 Å². The summed E-state index contributed by atoms with van der Waals surface area (Å²) in [6.07, 6.45) is 4.59. The topological polar surface area (TPSA) is 18.5 Å². The van der Waals surface area contributed by atoms with Crippen LogP contribution in [-0.4, -0.2) is 5.79 Å². The maximum absolute atomic E-state index is 5.68. The molecule has 1 saturated carbocycles. The van der Waals surface area contributed by atoms with Crippen LogP contribution in [0, 0.1) is 0 Å². The van der Waals surface area contributed by atoms with Crippen LogP contribution in [-0.2, 0) is 9.47 Å². The summed E-state index contributed by atoms with van der Waals surface area (Å²) in [6, 6.07) is 0. The van der Waals surface area contributed by atoms with E-state index in [4.69, 9.17) is 9.47 Å². The fourth-order valence-electron chi connectivity index (χ4n) is 1.84. The Kier molecular flexibility index (Phi) is 1.38. The Morgan fingerprint density at radius 3 is 1.91 bits per heavy atom. The molecule has 0 amide bonds. The van der Waals surface area contributed by atoms with E-state index in [9.17, 15) is 0 Å². The molecule has 1 aliphatic carbocycles. The van der Waals surface area contributed by atoms with Gasteiger partial charge in [-0.05, 0) is 26.7 Å². The molecule has 2 nitrogen and oxygen atoms in total. The summed E-state index contributed by atoms with van der Waals surface area (Å²) in [5, 5.41) is 0. The van der Waals surface area contributed by atoms with Gasteiger partial charge in [-0.3, -0.25) is 0 Å². The molecular formula is C9H14O2. The van der Waals surface area contributed by atoms with Crippen LogP contribution in [0.5, 0.6) is 0 Å². The fraction of sp³-hybridized carbons (Fsp3) is 0.778. The van der Waals surface area contributed by atoms with Crippen molar-refractivity contribution in [3.63, 3.8) is 0 Å². The molecule has 1 fully saturated rings. The van der Waals surface area contributed by atoms with E-state index in [1.807, 2.05) is 13.8 Å². The van der Waals surface area contributed by atoms with E-state index in [1.54, 1.807) is 0 Å². The molecule has 1 aliphatic heterocycles. The van der Waals surface area contributed by atoms with Gasteiger partial charge in [0.1, 0.15) is 11.5 Å². The second-order valence-electron chi connectivity index (χ2n) is 3.43. The molecular weight excluding hydrogens is 140 g/mol. The molecule has 2 rings (SSSR count). The standard InChI is InChI=1S/C9H14O2/c1-7-8(2)11-9(10-7)5-3-4-6-9/h3-6H2,1-2H3. The molecule has 0 unspecified atom stereocenters. The summed E-state index contributed by atoms with van der Waals surface area (Å²) < 4.78 is 11.4. The highest BCUT2D eigenvalue weighted by Crippen LogP contribution is 2.42.